The lowest BCUT2D eigenvalue weighted by Crippen LogP contribution is -2.41. The summed E-state index contributed by atoms with van der Waals surface area (Å²) in [7, 11) is 3.33. The lowest BCUT2D eigenvalue weighted by Gasteiger charge is -2.22. The molecular formula is C14H25N5O2. The Morgan fingerprint density at radius 3 is 2.43 bits per heavy atom. The molecule has 1 heterocycles. The highest BCUT2D eigenvalue weighted by molar-refractivity contribution is 5.99. The number of aromatic nitrogens is 2. The highest BCUT2D eigenvalue weighted by Crippen LogP contribution is 2.17. The maximum atomic E-state index is 12.5. The number of nitrogens with two attached hydrogens (primary N) is 1. The first-order chi connectivity index (χ1) is 9.92. The van der Waals surface area contributed by atoms with E-state index in [0.29, 0.717) is 12.2 Å². The van der Waals surface area contributed by atoms with Crippen LogP contribution in [0.2, 0.25) is 0 Å². The van der Waals surface area contributed by atoms with E-state index in [2.05, 4.69) is 10.2 Å². The predicted octanol–water partition coefficient (Wildman–Crippen LogP) is 0.885. The topological polar surface area (TPSA) is 95.3 Å². The van der Waals surface area contributed by atoms with Crippen molar-refractivity contribution in [1.29, 1.82) is 0 Å². The van der Waals surface area contributed by atoms with Gasteiger partial charge in [0.25, 0.3) is 5.91 Å². The molecule has 0 atom stereocenters. The molecule has 0 aromatic carbocycles. The summed E-state index contributed by atoms with van der Waals surface area (Å²) in [5, 5.41) is 6.83. The molecule has 0 spiro atoms. The zero-order valence-electron chi connectivity index (χ0n) is 13.3. The zero-order valence-corrected chi connectivity index (χ0v) is 13.3. The monoisotopic (exact) mass is 295 g/mol. The molecule has 0 aliphatic heterocycles. The summed E-state index contributed by atoms with van der Waals surface area (Å²) in [5.74, 6) is -0.428. The zero-order chi connectivity index (χ0) is 16.0. The van der Waals surface area contributed by atoms with E-state index >= 15 is 0 Å². The van der Waals surface area contributed by atoms with Crippen molar-refractivity contribution in [3.8, 4) is 0 Å². The van der Waals surface area contributed by atoms with Crippen LogP contribution in [0.4, 0.5) is 5.69 Å². The second kappa shape index (κ2) is 7.66. The van der Waals surface area contributed by atoms with Gasteiger partial charge in [-0.3, -0.25) is 14.7 Å². The molecule has 0 saturated heterocycles. The fraction of sp³-hybridized carbons (Fsp3) is 0.643. The molecule has 0 bridgehead atoms. The minimum Gasteiger partial charge on any atom is -0.395 e. The van der Waals surface area contributed by atoms with Crippen LogP contribution in [-0.4, -0.2) is 59.0 Å². The third kappa shape index (κ3) is 4.21. The number of amides is 2. The van der Waals surface area contributed by atoms with Gasteiger partial charge in [0.2, 0.25) is 5.91 Å². The number of carbonyl (C=O) groups excluding carboxylic acids is 2. The van der Waals surface area contributed by atoms with Crippen LogP contribution in [0.25, 0.3) is 0 Å². The van der Waals surface area contributed by atoms with Gasteiger partial charge in [-0.1, -0.05) is 20.3 Å². The minimum atomic E-state index is -0.303. The van der Waals surface area contributed by atoms with Gasteiger partial charge in [0.1, 0.15) is 6.54 Å². The number of nitrogens with zero attached hydrogens (tertiary/aromatic N) is 3. The van der Waals surface area contributed by atoms with Crippen LogP contribution in [-0.2, 0) is 11.2 Å². The van der Waals surface area contributed by atoms with Crippen molar-refractivity contribution in [3.63, 3.8) is 0 Å². The number of hydrogen-bond acceptors (Lipinski definition) is 4. The highest BCUT2D eigenvalue weighted by atomic mass is 16.2. The van der Waals surface area contributed by atoms with Crippen LogP contribution in [0.3, 0.4) is 0 Å². The van der Waals surface area contributed by atoms with Crippen LogP contribution >= 0.6 is 0 Å². The van der Waals surface area contributed by atoms with Gasteiger partial charge in [-0.2, -0.15) is 5.10 Å². The Labute approximate surface area is 125 Å². The number of aryl methyl sites for hydroxylation is 1. The summed E-state index contributed by atoms with van der Waals surface area (Å²) in [5.41, 5.74) is 7.35. The number of hydrogen-bond donors (Lipinski definition) is 2. The number of H-pyrrole nitrogens is 1. The summed E-state index contributed by atoms with van der Waals surface area (Å²) in [6.45, 7) is 4.51. The summed E-state index contributed by atoms with van der Waals surface area (Å²) < 4.78 is 0. The summed E-state index contributed by atoms with van der Waals surface area (Å²) in [6.07, 6.45) is 2.42. The molecule has 0 saturated carbocycles. The third-order valence-electron chi connectivity index (χ3n) is 3.19. The fourth-order valence-corrected chi connectivity index (χ4v) is 1.97. The van der Waals surface area contributed by atoms with Crippen molar-refractivity contribution in [3.05, 3.63) is 11.4 Å². The number of anilines is 1. The Morgan fingerprint density at radius 2 is 1.90 bits per heavy atom. The van der Waals surface area contributed by atoms with Crippen LogP contribution in [0.15, 0.2) is 0 Å². The van der Waals surface area contributed by atoms with Crippen LogP contribution in [0, 0.1) is 0 Å². The van der Waals surface area contributed by atoms with E-state index in [1.807, 2.05) is 13.8 Å². The molecule has 1 rings (SSSR count). The summed E-state index contributed by atoms with van der Waals surface area (Å²) in [4.78, 5) is 27.3. The minimum absolute atomic E-state index is 0.0368. The van der Waals surface area contributed by atoms with E-state index < -0.39 is 0 Å². The summed E-state index contributed by atoms with van der Waals surface area (Å²) in [6, 6.07) is 0. The number of carbonyl (C=O) groups is 2. The van der Waals surface area contributed by atoms with E-state index in [1.165, 1.54) is 9.80 Å². The van der Waals surface area contributed by atoms with Crippen molar-refractivity contribution >= 4 is 17.5 Å². The standard InChI is InChI=1S/C14H25N5O2/c1-5-7-10-12(15)13(17-16-10)14(21)19(8-6-2)9-11(20)18(3)4/h5-9,15H2,1-4H3,(H,16,17). The van der Waals surface area contributed by atoms with Gasteiger partial charge in [-0.25, -0.2) is 0 Å². The Bertz CT molecular complexity index is 496. The molecule has 0 aliphatic rings. The number of likely N-dealkylation sites (N-methyl/N-ethyl adjacent to an activating group) is 1. The second-order valence-corrected chi connectivity index (χ2v) is 5.23. The maximum Gasteiger partial charge on any atom is 0.276 e. The van der Waals surface area contributed by atoms with Crippen LogP contribution in [0.5, 0.6) is 0 Å². The van der Waals surface area contributed by atoms with Crippen LogP contribution < -0.4 is 5.73 Å². The molecule has 0 radical (unpaired) electrons. The quantitative estimate of drug-likeness (QED) is 0.780. The van der Waals surface area contributed by atoms with E-state index in [4.69, 9.17) is 5.73 Å². The van der Waals surface area contributed by atoms with Gasteiger partial charge in [0.05, 0.1) is 11.4 Å². The van der Waals surface area contributed by atoms with Crippen molar-refractivity contribution in [2.45, 2.75) is 33.1 Å². The van der Waals surface area contributed by atoms with E-state index in [1.54, 1.807) is 14.1 Å². The van der Waals surface area contributed by atoms with E-state index in [-0.39, 0.29) is 24.1 Å². The van der Waals surface area contributed by atoms with Crippen molar-refractivity contribution in [2.75, 3.05) is 32.9 Å². The summed E-state index contributed by atoms with van der Waals surface area (Å²) >= 11 is 0. The average Bonchev–Trinajstić information content (AvgIpc) is 2.79. The number of nitrogen functional groups attached to an aromatic ring is 1. The van der Waals surface area contributed by atoms with Gasteiger partial charge in [-0.05, 0) is 12.8 Å². The molecule has 1 aromatic heterocycles. The molecule has 0 unspecified atom stereocenters. The van der Waals surface area contributed by atoms with Crippen molar-refractivity contribution in [1.82, 2.24) is 20.0 Å². The van der Waals surface area contributed by atoms with Gasteiger partial charge in [-0.15, -0.1) is 0 Å². The average molecular weight is 295 g/mol. The molecule has 0 aliphatic carbocycles. The normalized spacial score (nSPS) is 10.5. The molecule has 3 N–H and O–H groups in total. The molecule has 0 fully saturated rings. The lowest BCUT2D eigenvalue weighted by molar-refractivity contribution is -0.129. The first-order valence-corrected chi connectivity index (χ1v) is 7.24. The van der Waals surface area contributed by atoms with Crippen molar-refractivity contribution in [2.24, 2.45) is 0 Å². The van der Waals surface area contributed by atoms with E-state index in [0.717, 1.165) is 25.0 Å². The molecule has 118 valence electrons. The Kier molecular flexibility index (Phi) is 6.20. The predicted molar refractivity (Wildman–Crippen MR) is 81.9 cm³/mol. The smallest absolute Gasteiger partial charge is 0.276 e. The number of nitrogens with one attached hydrogen (secondary N) is 1. The molecular weight excluding hydrogens is 270 g/mol. The lowest BCUT2D eigenvalue weighted by atomic mass is 10.2. The Balaban J connectivity index is 2.92. The molecule has 7 nitrogen and oxygen atoms in total. The second-order valence-electron chi connectivity index (χ2n) is 5.23. The van der Waals surface area contributed by atoms with Crippen molar-refractivity contribution < 1.29 is 9.59 Å². The first-order valence-electron chi connectivity index (χ1n) is 7.24. The Hall–Kier alpha value is -2.05. The number of aromatic amines is 1. The van der Waals surface area contributed by atoms with Gasteiger partial charge < -0.3 is 15.5 Å². The van der Waals surface area contributed by atoms with E-state index in [9.17, 15) is 9.59 Å². The molecule has 21 heavy (non-hydrogen) atoms. The SMILES string of the molecule is CCCc1[nH]nc(C(=O)N(CCC)CC(=O)N(C)C)c1N. The first kappa shape index (κ1) is 17.0. The van der Waals surface area contributed by atoms with Gasteiger partial charge in [0.15, 0.2) is 5.69 Å². The molecule has 2 amide bonds. The third-order valence-corrected chi connectivity index (χ3v) is 3.19. The fourth-order valence-electron chi connectivity index (χ4n) is 1.97. The largest absolute Gasteiger partial charge is 0.395 e. The maximum absolute atomic E-state index is 12.5. The number of rotatable bonds is 7. The van der Waals surface area contributed by atoms with Crippen LogP contribution in [0.1, 0.15) is 42.9 Å². The Morgan fingerprint density at radius 1 is 1.24 bits per heavy atom. The van der Waals surface area contributed by atoms with Gasteiger partial charge in [0, 0.05) is 20.6 Å². The molecule has 1 aromatic rings. The highest BCUT2D eigenvalue weighted by Gasteiger charge is 2.24. The molecule has 7 heteroatoms. The van der Waals surface area contributed by atoms with Gasteiger partial charge >= 0.3 is 0 Å².